The fourth-order valence-corrected chi connectivity index (χ4v) is 8.73. The molecule has 220 valence electrons. The fourth-order valence-electron chi connectivity index (χ4n) is 6.48. The molecule has 10 aromatic rings. The summed E-state index contributed by atoms with van der Waals surface area (Å²) in [6.07, 6.45) is 0. The molecule has 4 aromatic heterocycles. The second kappa shape index (κ2) is 10.4. The normalized spacial score (nSPS) is 11.8. The number of thiophene rings is 1. The van der Waals surface area contributed by atoms with E-state index >= 15 is 0 Å². The molecule has 0 spiro atoms. The van der Waals surface area contributed by atoms with Gasteiger partial charge in [0.25, 0.3) is 0 Å². The lowest BCUT2D eigenvalue weighted by Gasteiger charge is -2.11. The van der Waals surface area contributed by atoms with Gasteiger partial charge in [0.2, 0.25) is 0 Å². The van der Waals surface area contributed by atoms with E-state index in [4.69, 9.17) is 24.4 Å². The zero-order valence-corrected chi connectivity index (χ0v) is 26.3. The highest BCUT2D eigenvalue weighted by Gasteiger charge is 2.24. The highest BCUT2D eigenvalue weighted by atomic mass is 32.1. The molecule has 0 saturated carbocycles. The Balaban J connectivity index is 1.33. The molecule has 0 bridgehead atoms. The summed E-state index contributed by atoms with van der Waals surface area (Å²) < 4.78 is 9.77. The second-order valence-corrected chi connectivity index (χ2v) is 13.5. The maximum atomic E-state index is 6.26. The minimum atomic E-state index is 0.592. The maximum absolute atomic E-state index is 6.26. The van der Waals surface area contributed by atoms with Crippen molar-refractivity contribution in [3.63, 3.8) is 0 Å². The van der Waals surface area contributed by atoms with Crippen LogP contribution in [0.2, 0.25) is 0 Å². The van der Waals surface area contributed by atoms with Crippen LogP contribution in [0.15, 0.2) is 138 Å². The van der Waals surface area contributed by atoms with Crippen LogP contribution < -0.4 is 0 Å². The smallest absolute Gasteiger partial charge is 0.167 e. The van der Waals surface area contributed by atoms with Crippen LogP contribution in [0, 0.1) is 0 Å². The van der Waals surface area contributed by atoms with E-state index in [1.165, 1.54) is 14.8 Å². The van der Waals surface area contributed by atoms with Gasteiger partial charge in [0.15, 0.2) is 17.5 Å². The van der Waals surface area contributed by atoms with Gasteiger partial charge >= 0.3 is 0 Å². The third-order valence-electron chi connectivity index (χ3n) is 8.58. The molecular formula is C40H22N4OS2. The van der Waals surface area contributed by atoms with Crippen molar-refractivity contribution in [2.45, 2.75) is 0 Å². The summed E-state index contributed by atoms with van der Waals surface area (Å²) in [5.41, 5.74) is 6.37. The van der Waals surface area contributed by atoms with E-state index in [0.717, 1.165) is 64.8 Å². The number of para-hydroxylation sites is 1. The molecule has 5 nitrogen and oxygen atoms in total. The fraction of sp³-hybridized carbons (Fsp3) is 0. The molecule has 0 radical (unpaired) electrons. The van der Waals surface area contributed by atoms with Gasteiger partial charge in [-0.1, -0.05) is 109 Å². The number of furan rings is 1. The minimum absolute atomic E-state index is 0.592. The van der Waals surface area contributed by atoms with E-state index in [2.05, 4.69) is 66.7 Å². The Hall–Kier alpha value is -5.76. The van der Waals surface area contributed by atoms with Crippen LogP contribution in [-0.2, 0) is 0 Å². The summed E-state index contributed by atoms with van der Waals surface area (Å²) >= 11 is 3.49. The largest absolute Gasteiger partial charge is 0.456 e. The SMILES string of the molecule is c1ccc(-c2nc(-c3cccc4oc5ccccc5c34)nc(-c3c4nc(-c5ccccc5)sc4cc4sc5ccccc5c34)n2)cc1. The molecule has 10 rings (SSSR count). The summed E-state index contributed by atoms with van der Waals surface area (Å²) in [5, 5.41) is 5.28. The molecule has 47 heavy (non-hydrogen) atoms. The first-order valence-electron chi connectivity index (χ1n) is 15.3. The number of hydrogen-bond acceptors (Lipinski definition) is 7. The highest BCUT2D eigenvalue weighted by Crippen LogP contribution is 2.46. The van der Waals surface area contributed by atoms with E-state index in [-0.39, 0.29) is 0 Å². The Morgan fingerprint density at radius 2 is 1.13 bits per heavy atom. The first kappa shape index (κ1) is 26.5. The lowest BCUT2D eigenvalue weighted by Crippen LogP contribution is -2.01. The van der Waals surface area contributed by atoms with Crippen molar-refractivity contribution < 1.29 is 4.42 Å². The standard InChI is InChI=1S/C40H22N4OS2/c1-3-12-23(13-4-1)37-42-38(27-18-11-20-29-33(27)25-16-7-9-19-28(25)45-29)44-39(43-37)35-34-26-17-8-10-21-30(26)46-31(34)22-32-36(35)41-40(47-32)24-14-5-2-6-15-24/h1-22H. The molecule has 0 aliphatic carbocycles. The molecular weight excluding hydrogens is 617 g/mol. The number of aromatic nitrogens is 4. The van der Waals surface area contributed by atoms with Crippen LogP contribution in [0.3, 0.4) is 0 Å². The minimum Gasteiger partial charge on any atom is -0.456 e. The number of fused-ring (bicyclic) bond motifs is 7. The molecule has 7 heteroatoms. The quantitative estimate of drug-likeness (QED) is 0.192. The predicted molar refractivity (Wildman–Crippen MR) is 195 cm³/mol. The molecule has 0 atom stereocenters. The van der Waals surface area contributed by atoms with E-state index < -0.39 is 0 Å². The van der Waals surface area contributed by atoms with Crippen LogP contribution in [0.25, 0.3) is 97.1 Å². The molecule has 6 aromatic carbocycles. The lowest BCUT2D eigenvalue weighted by atomic mass is 10.0. The van der Waals surface area contributed by atoms with E-state index in [1.54, 1.807) is 22.7 Å². The van der Waals surface area contributed by atoms with Gasteiger partial charge in [-0.25, -0.2) is 19.9 Å². The summed E-state index contributed by atoms with van der Waals surface area (Å²) in [4.78, 5) is 20.9. The van der Waals surface area contributed by atoms with Crippen molar-refractivity contribution in [2.75, 3.05) is 0 Å². The average Bonchev–Trinajstić information content (AvgIpc) is 3.84. The average molecular weight is 639 g/mol. The Kier molecular flexibility index (Phi) is 5.85. The molecule has 0 fully saturated rings. The van der Waals surface area contributed by atoms with E-state index in [0.29, 0.717) is 17.5 Å². The first-order chi connectivity index (χ1) is 23.3. The summed E-state index contributed by atoms with van der Waals surface area (Å²) in [7, 11) is 0. The Bertz CT molecular complexity index is 2800. The predicted octanol–water partition coefficient (Wildman–Crippen LogP) is 11.4. The van der Waals surface area contributed by atoms with Gasteiger partial charge in [-0.15, -0.1) is 22.7 Å². The summed E-state index contributed by atoms with van der Waals surface area (Å²) in [5.74, 6) is 1.80. The zero-order valence-electron chi connectivity index (χ0n) is 24.7. The number of rotatable bonds is 4. The zero-order chi connectivity index (χ0) is 30.9. The van der Waals surface area contributed by atoms with Gasteiger partial charge in [0.1, 0.15) is 16.2 Å². The van der Waals surface area contributed by atoms with E-state index in [1.807, 2.05) is 66.7 Å². The third-order valence-corrected chi connectivity index (χ3v) is 10.7. The third kappa shape index (κ3) is 4.21. The summed E-state index contributed by atoms with van der Waals surface area (Å²) in [6.45, 7) is 0. The molecule has 0 aliphatic rings. The number of thiazole rings is 1. The van der Waals surface area contributed by atoms with Crippen LogP contribution in [0.5, 0.6) is 0 Å². The van der Waals surface area contributed by atoms with Crippen LogP contribution in [0.4, 0.5) is 0 Å². The number of hydrogen-bond donors (Lipinski definition) is 0. The molecule has 0 saturated heterocycles. The van der Waals surface area contributed by atoms with Crippen LogP contribution >= 0.6 is 22.7 Å². The van der Waals surface area contributed by atoms with E-state index in [9.17, 15) is 0 Å². The van der Waals surface area contributed by atoms with Gasteiger partial charge in [0.05, 0.1) is 15.8 Å². The van der Waals surface area contributed by atoms with Crippen molar-refractivity contribution in [1.82, 2.24) is 19.9 Å². The first-order valence-corrected chi connectivity index (χ1v) is 16.9. The molecule has 0 unspecified atom stereocenters. The topological polar surface area (TPSA) is 64.7 Å². The van der Waals surface area contributed by atoms with Crippen LogP contribution in [-0.4, -0.2) is 19.9 Å². The molecule has 0 aliphatic heterocycles. The summed E-state index contributed by atoms with van der Waals surface area (Å²) in [6, 6.07) is 45.5. The maximum Gasteiger partial charge on any atom is 0.167 e. The van der Waals surface area contributed by atoms with Gasteiger partial charge < -0.3 is 4.42 Å². The second-order valence-electron chi connectivity index (χ2n) is 11.4. The van der Waals surface area contributed by atoms with Crippen molar-refractivity contribution in [3.05, 3.63) is 133 Å². The van der Waals surface area contributed by atoms with Gasteiger partial charge in [-0.2, -0.15) is 0 Å². The van der Waals surface area contributed by atoms with Gasteiger partial charge in [0, 0.05) is 47.6 Å². The van der Waals surface area contributed by atoms with Gasteiger partial charge in [-0.3, -0.25) is 0 Å². The van der Waals surface area contributed by atoms with Crippen molar-refractivity contribution >= 4 is 75.0 Å². The monoisotopic (exact) mass is 638 g/mol. The Morgan fingerprint density at radius 1 is 0.447 bits per heavy atom. The Morgan fingerprint density at radius 3 is 1.98 bits per heavy atom. The lowest BCUT2D eigenvalue weighted by molar-refractivity contribution is 0.669. The van der Waals surface area contributed by atoms with Crippen molar-refractivity contribution in [2.24, 2.45) is 0 Å². The molecule has 4 heterocycles. The van der Waals surface area contributed by atoms with Crippen molar-refractivity contribution in [1.29, 1.82) is 0 Å². The molecule has 0 N–H and O–H groups in total. The highest BCUT2D eigenvalue weighted by molar-refractivity contribution is 7.27. The number of nitrogens with zero attached hydrogens (tertiary/aromatic N) is 4. The number of benzene rings is 6. The van der Waals surface area contributed by atoms with Gasteiger partial charge in [-0.05, 0) is 24.3 Å². The van der Waals surface area contributed by atoms with Crippen molar-refractivity contribution in [3.8, 4) is 44.7 Å². The Labute approximate surface area is 276 Å². The molecule has 0 amide bonds. The van der Waals surface area contributed by atoms with Crippen LogP contribution in [0.1, 0.15) is 0 Å².